The van der Waals surface area contributed by atoms with Crippen molar-refractivity contribution in [3.63, 3.8) is 0 Å². The predicted molar refractivity (Wildman–Crippen MR) is 98.0 cm³/mol. The minimum absolute atomic E-state index is 0.257. The molecule has 2 heteroatoms. The van der Waals surface area contributed by atoms with Gasteiger partial charge in [-0.25, -0.2) is 4.58 Å². The lowest BCUT2D eigenvalue weighted by molar-refractivity contribution is -0.503. The van der Waals surface area contributed by atoms with Crippen LogP contribution in [0.2, 0.25) is 0 Å². The molecule has 0 aromatic heterocycles. The maximum Gasteiger partial charge on any atom is 0.221 e. The molecule has 1 aromatic carbocycles. The van der Waals surface area contributed by atoms with Crippen LogP contribution in [0.4, 0.5) is 0 Å². The predicted octanol–water partition coefficient (Wildman–Crippen LogP) is 4.95. The van der Waals surface area contributed by atoms with Crippen molar-refractivity contribution in [1.29, 1.82) is 0 Å². The van der Waals surface area contributed by atoms with Crippen LogP contribution in [0.3, 0.4) is 0 Å². The molecule has 2 aliphatic rings. The molecule has 2 heterocycles. The Morgan fingerprint density at radius 1 is 1.18 bits per heavy atom. The van der Waals surface area contributed by atoms with Gasteiger partial charge in [0.15, 0.2) is 0 Å². The molecule has 120 valence electrons. The summed E-state index contributed by atoms with van der Waals surface area (Å²) in [5.41, 5.74) is 2.20. The average molecular weight is 317 g/mol. The second-order valence-corrected chi connectivity index (χ2v) is 9.27. The van der Waals surface area contributed by atoms with Crippen molar-refractivity contribution in [3.05, 3.63) is 35.9 Å². The van der Waals surface area contributed by atoms with Gasteiger partial charge in [0.25, 0.3) is 0 Å². The summed E-state index contributed by atoms with van der Waals surface area (Å²) in [6.45, 7) is 8.51. The number of benzene rings is 1. The highest BCUT2D eigenvalue weighted by Crippen LogP contribution is 2.49. The molecule has 0 N–H and O–H groups in total. The van der Waals surface area contributed by atoms with Gasteiger partial charge in [-0.15, -0.1) is 0 Å². The van der Waals surface area contributed by atoms with Crippen LogP contribution >= 0.6 is 11.8 Å². The van der Waals surface area contributed by atoms with Gasteiger partial charge in [0.2, 0.25) is 5.04 Å². The molecule has 0 saturated carbocycles. The van der Waals surface area contributed by atoms with Gasteiger partial charge >= 0.3 is 0 Å². The van der Waals surface area contributed by atoms with E-state index in [4.69, 9.17) is 0 Å². The van der Waals surface area contributed by atoms with E-state index in [1.807, 2.05) is 0 Å². The summed E-state index contributed by atoms with van der Waals surface area (Å²) in [7, 11) is 2.30. The average Bonchev–Trinajstić information content (AvgIpc) is 2.69. The van der Waals surface area contributed by atoms with Gasteiger partial charge in [-0.1, -0.05) is 62.9 Å². The third kappa shape index (κ3) is 2.87. The van der Waals surface area contributed by atoms with E-state index >= 15 is 0 Å². The van der Waals surface area contributed by atoms with Crippen LogP contribution in [0.25, 0.3) is 0 Å². The number of rotatable bonds is 1. The lowest BCUT2D eigenvalue weighted by Crippen LogP contribution is -2.44. The van der Waals surface area contributed by atoms with E-state index in [2.05, 4.69) is 74.5 Å². The van der Waals surface area contributed by atoms with Gasteiger partial charge in [0.05, 0.1) is 5.41 Å². The molecule has 0 unspecified atom stereocenters. The van der Waals surface area contributed by atoms with Gasteiger partial charge in [0, 0.05) is 12.2 Å². The summed E-state index contributed by atoms with van der Waals surface area (Å²) in [4.78, 5) is 0. The quantitative estimate of drug-likeness (QED) is 0.663. The third-order valence-electron chi connectivity index (χ3n) is 5.70. The Labute approximate surface area is 140 Å². The molecular formula is C20H30NS+. The lowest BCUT2D eigenvalue weighted by Gasteiger charge is -2.40. The molecule has 2 atom stereocenters. The van der Waals surface area contributed by atoms with Gasteiger partial charge in [-0.2, -0.15) is 0 Å². The molecule has 0 aliphatic carbocycles. The highest BCUT2D eigenvalue weighted by atomic mass is 32.2. The Balaban J connectivity index is 2.11. The van der Waals surface area contributed by atoms with Crippen LogP contribution in [0.1, 0.15) is 52.0 Å². The molecule has 1 aromatic rings. The number of hydrogen-bond acceptors (Lipinski definition) is 1. The van der Waals surface area contributed by atoms with Gasteiger partial charge in [0.1, 0.15) is 13.6 Å². The van der Waals surface area contributed by atoms with Gasteiger partial charge in [-0.3, -0.25) is 0 Å². The van der Waals surface area contributed by atoms with Crippen LogP contribution in [0, 0.1) is 11.3 Å². The fourth-order valence-corrected chi connectivity index (χ4v) is 5.82. The minimum Gasteiger partial charge on any atom is -0.230 e. The molecule has 0 radical (unpaired) electrons. The first-order valence-electron chi connectivity index (χ1n) is 8.70. The van der Waals surface area contributed by atoms with Gasteiger partial charge in [-0.05, 0) is 36.2 Å². The summed E-state index contributed by atoms with van der Waals surface area (Å²) in [6.07, 6.45) is 5.29. The molecule has 3 rings (SSSR count). The first-order chi connectivity index (χ1) is 10.4. The zero-order valence-electron chi connectivity index (χ0n) is 14.6. The van der Waals surface area contributed by atoms with E-state index in [0.29, 0.717) is 5.41 Å². The molecule has 0 spiro atoms. The van der Waals surface area contributed by atoms with Crippen LogP contribution in [-0.2, 0) is 5.41 Å². The summed E-state index contributed by atoms with van der Waals surface area (Å²) >= 11 is 2.13. The maximum absolute atomic E-state index is 2.55. The van der Waals surface area contributed by atoms with E-state index < -0.39 is 0 Å². The smallest absolute Gasteiger partial charge is 0.221 e. The molecule has 1 nitrogen and oxygen atoms in total. The summed E-state index contributed by atoms with van der Waals surface area (Å²) < 4.78 is 2.55. The van der Waals surface area contributed by atoms with Crippen molar-refractivity contribution >= 4 is 16.8 Å². The number of hydrogen-bond donors (Lipinski definition) is 0. The highest BCUT2D eigenvalue weighted by Gasteiger charge is 2.49. The van der Waals surface area contributed by atoms with Crippen LogP contribution in [0.15, 0.2) is 30.3 Å². The second-order valence-electron chi connectivity index (χ2n) is 8.18. The summed E-state index contributed by atoms with van der Waals surface area (Å²) in [6, 6.07) is 11.3. The van der Waals surface area contributed by atoms with E-state index in [0.717, 1.165) is 5.92 Å². The normalized spacial score (nSPS) is 29.9. The second kappa shape index (κ2) is 6.03. The summed E-state index contributed by atoms with van der Waals surface area (Å²) in [5.74, 6) is 2.07. The first-order valence-corrected chi connectivity index (χ1v) is 9.69. The topological polar surface area (TPSA) is 3.01 Å². The van der Waals surface area contributed by atoms with Crippen LogP contribution in [-0.4, -0.2) is 29.0 Å². The van der Waals surface area contributed by atoms with Crippen molar-refractivity contribution in [2.45, 2.75) is 51.9 Å². The zero-order chi connectivity index (χ0) is 15.8. The SMILES string of the molecule is C[N+]1=C2SCC[C@@H](C(C)(C)C)C[C@]2(c2ccccc2)CCC1. The molecule has 1 saturated heterocycles. The first kappa shape index (κ1) is 16.1. The molecular weight excluding hydrogens is 286 g/mol. The number of fused-ring (bicyclic) bond motifs is 1. The van der Waals surface area contributed by atoms with E-state index in [1.165, 1.54) is 38.0 Å². The fraction of sp³-hybridized carbons (Fsp3) is 0.650. The van der Waals surface area contributed by atoms with E-state index in [-0.39, 0.29) is 5.41 Å². The molecule has 2 aliphatic heterocycles. The molecule has 1 fully saturated rings. The molecule has 0 bridgehead atoms. The lowest BCUT2D eigenvalue weighted by atomic mass is 9.64. The van der Waals surface area contributed by atoms with E-state index in [1.54, 1.807) is 10.6 Å². The zero-order valence-corrected chi connectivity index (χ0v) is 15.4. The Hall–Kier alpha value is -0.760. The standard InChI is InChI=1S/C20H30NS/c1-19(2,3)17-11-14-22-18-20(15-17,12-8-13-21(18)4)16-9-6-5-7-10-16/h5-7,9-10,17H,8,11-15H2,1-4H3/q+1/t17-,20+/m1/s1. The van der Waals surface area contributed by atoms with Crippen molar-refractivity contribution in [3.8, 4) is 0 Å². The van der Waals surface area contributed by atoms with Crippen LogP contribution in [0.5, 0.6) is 0 Å². The fourth-order valence-electron chi connectivity index (χ4n) is 4.33. The third-order valence-corrected chi connectivity index (χ3v) is 7.12. The largest absolute Gasteiger partial charge is 0.230 e. The Bertz CT molecular complexity index is 555. The van der Waals surface area contributed by atoms with Crippen molar-refractivity contribution in [1.82, 2.24) is 0 Å². The monoisotopic (exact) mass is 316 g/mol. The highest BCUT2D eigenvalue weighted by molar-refractivity contribution is 8.13. The van der Waals surface area contributed by atoms with Crippen molar-refractivity contribution < 1.29 is 4.58 Å². The Morgan fingerprint density at radius 3 is 2.59 bits per heavy atom. The maximum atomic E-state index is 2.55. The van der Waals surface area contributed by atoms with E-state index in [9.17, 15) is 0 Å². The van der Waals surface area contributed by atoms with Gasteiger partial charge < -0.3 is 0 Å². The molecule has 0 amide bonds. The number of thioether (sulfide) groups is 1. The summed E-state index contributed by atoms with van der Waals surface area (Å²) in [5, 5.41) is 1.64. The number of nitrogens with zero attached hydrogens (tertiary/aromatic N) is 1. The molecule has 22 heavy (non-hydrogen) atoms. The van der Waals surface area contributed by atoms with Crippen LogP contribution < -0.4 is 0 Å². The van der Waals surface area contributed by atoms with Crippen molar-refractivity contribution in [2.24, 2.45) is 11.3 Å². The Kier molecular flexibility index (Phi) is 4.42. The van der Waals surface area contributed by atoms with Crippen molar-refractivity contribution in [2.75, 3.05) is 19.3 Å². The minimum atomic E-state index is 0.257. The Morgan fingerprint density at radius 2 is 1.91 bits per heavy atom.